The maximum absolute atomic E-state index is 9.60. The Balaban J connectivity index is 2.68. The maximum atomic E-state index is 9.60. The van der Waals surface area contributed by atoms with Crippen LogP contribution < -0.4 is 4.74 Å². The molecule has 0 spiro atoms. The van der Waals surface area contributed by atoms with Gasteiger partial charge in [0.1, 0.15) is 5.75 Å². The number of aliphatic hydroxyl groups is 1. The number of unbranched alkanes of at least 4 members (excludes halogenated alkanes) is 1. The molecule has 0 saturated heterocycles. The van der Waals surface area contributed by atoms with Crippen molar-refractivity contribution in [2.75, 3.05) is 6.61 Å². The Morgan fingerprint density at radius 3 is 2.88 bits per heavy atom. The van der Waals surface area contributed by atoms with Crippen LogP contribution in [0.25, 0.3) is 0 Å². The lowest BCUT2D eigenvalue weighted by molar-refractivity contribution is 0.191. The first-order valence-electron chi connectivity index (χ1n) is 5.43. The van der Waals surface area contributed by atoms with Gasteiger partial charge in [0.05, 0.1) is 18.8 Å². The molecule has 0 aliphatic heterocycles. The Hall–Kier alpha value is -1.53. The van der Waals surface area contributed by atoms with Gasteiger partial charge in [0.15, 0.2) is 0 Å². The number of hydrogen-bond donors (Lipinski definition) is 1. The van der Waals surface area contributed by atoms with E-state index in [4.69, 9.17) is 10.00 Å². The number of hydrogen-bond acceptors (Lipinski definition) is 3. The number of aryl methyl sites for hydroxylation is 1. The van der Waals surface area contributed by atoms with Gasteiger partial charge in [-0.15, -0.1) is 0 Å². The molecule has 0 aliphatic carbocycles. The van der Waals surface area contributed by atoms with E-state index in [1.54, 1.807) is 6.92 Å². The van der Waals surface area contributed by atoms with Crippen molar-refractivity contribution in [2.24, 2.45) is 0 Å². The monoisotopic (exact) mass is 219 g/mol. The Bertz CT molecular complexity index is 380. The summed E-state index contributed by atoms with van der Waals surface area (Å²) < 4.78 is 5.54. The minimum absolute atomic E-state index is 0.496. The summed E-state index contributed by atoms with van der Waals surface area (Å²) in [6.07, 6.45) is 0.672. The van der Waals surface area contributed by atoms with Gasteiger partial charge in [-0.1, -0.05) is 11.6 Å². The van der Waals surface area contributed by atoms with E-state index in [2.05, 4.69) is 6.07 Å². The average Bonchev–Trinajstić information content (AvgIpc) is 2.26. The van der Waals surface area contributed by atoms with E-state index >= 15 is 0 Å². The van der Waals surface area contributed by atoms with E-state index in [9.17, 15) is 5.11 Å². The molecular weight excluding hydrogens is 202 g/mol. The van der Waals surface area contributed by atoms with Gasteiger partial charge in [-0.2, -0.15) is 5.26 Å². The number of benzene rings is 1. The second kappa shape index (κ2) is 6.14. The van der Waals surface area contributed by atoms with Gasteiger partial charge >= 0.3 is 0 Å². The van der Waals surface area contributed by atoms with Gasteiger partial charge in [-0.25, -0.2) is 0 Å². The highest BCUT2D eigenvalue weighted by Crippen LogP contribution is 2.26. The number of ether oxygens (including phenoxy) is 1. The molecular formula is C13H17NO2. The highest BCUT2D eigenvalue weighted by molar-refractivity contribution is 5.38. The third kappa shape index (κ3) is 3.56. The van der Waals surface area contributed by atoms with E-state index in [-0.39, 0.29) is 0 Å². The molecule has 0 aromatic heterocycles. The summed E-state index contributed by atoms with van der Waals surface area (Å²) >= 11 is 0. The van der Waals surface area contributed by atoms with E-state index in [0.29, 0.717) is 25.2 Å². The summed E-state index contributed by atoms with van der Waals surface area (Å²) in [7, 11) is 0. The molecule has 3 heteroatoms. The maximum Gasteiger partial charge on any atom is 0.125 e. The molecule has 0 aliphatic rings. The zero-order chi connectivity index (χ0) is 12.0. The fourth-order valence-corrected chi connectivity index (χ4v) is 1.46. The van der Waals surface area contributed by atoms with Crippen molar-refractivity contribution in [3.63, 3.8) is 0 Å². The van der Waals surface area contributed by atoms with Crippen molar-refractivity contribution in [3.05, 3.63) is 29.3 Å². The van der Waals surface area contributed by atoms with Crippen LogP contribution in [0.1, 0.15) is 37.0 Å². The van der Waals surface area contributed by atoms with E-state index in [0.717, 1.165) is 11.1 Å². The average molecular weight is 219 g/mol. The predicted molar refractivity (Wildman–Crippen MR) is 62.2 cm³/mol. The number of aliphatic hydroxyl groups excluding tert-OH is 1. The van der Waals surface area contributed by atoms with Gasteiger partial charge in [-0.05, 0) is 32.4 Å². The molecule has 1 atom stereocenters. The fraction of sp³-hybridized carbons (Fsp3) is 0.462. The van der Waals surface area contributed by atoms with Crippen molar-refractivity contribution in [1.82, 2.24) is 0 Å². The second-order valence-electron chi connectivity index (χ2n) is 3.83. The summed E-state index contributed by atoms with van der Waals surface area (Å²) in [6.45, 7) is 4.21. The van der Waals surface area contributed by atoms with Crippen LogP contribution in [0.4, 0.5) is 0 Å². The highest BCUT2D eigenvalue weighted by Gasteiger charge is 2.09. The lowest BCUT2D eigenvalue weighted by Crippen LogP contribution is -2.02. The van der Waals surface area contributed by atoms with Crippen LogP contribution in [0.15, 0.2) is 18.2 Å². The van der Waals surface area contributed by atoms with Crippen LogP contribution in [0, 0.1) is 18.3 Å². The molecule has 0 heterocycles. The second-order valence-corrected chi connectivity index (χ2v) is 3.83. The largest absolute Gasteiger partial charge is 0.493 e. The van der Waals surface area contributed by atoms with Crippen LogP contribution in [0.5, 0.6) is 5.75 Å². The minimum Gasteiger partial charge on any atom is -0.493 e. The van der Waals surface area contributed by atoms with Crippen molar-refractivity contribution >= 4 is 0 Å². The van der Waals surface area contributed by atoms with Crippen LogP contribution >= 0.6 is 0 Å². The standard InChI is InChI=1S/C13H17NO2/c1-10-5-6-13(12(9-10)11(2)15)16-8-4-3-7-14/h5-6,9,11,15H,3-4,8H2,1-2H3/t11-/m0/s1. The first-order chi connectivity index (χ1) is 7.65. The smallest absolute Gasteiger partial charge is 0.125 e. The first kappa shape index (κ1) is 12.5. The zero-order valence-electron chi connectivity index (χ0n) is 9.73. The fourth-order valence-electron chi connectivity index (χ4n) is 1.46. The van der Waals surface area contributed by atoms with Crippen LogP contribution in [0.3, 0.4) is 0 Å². The van der Waals surface area contributed by atoms with Crippen LogP contribution in [0.2, 0.25) is 0 Å². The molecule has 3 nitrogen and oxygen atoms in total. The van der Waals surface area contributed by atoms with Gasteiger partial charge in [0.2, 0.25) is 0 Å². The Labute approximate surface area is 96.3 Å². The van der Waals surface area contributed by atoms with Gasteiger partial charge in [0.25, 0.3) is 0 Å². The van der Waals surface area contributed by atoms with Crippen LogP contribution in [-0.2, 0) is 0 Å². The van der Waals surface area contributed by atoms with Crippen molar-refractivity contribution in [1.29, 1.82) is 5.26 Å². The van der Waals surface area contributed by atoms with E-state index in [1.807, 2.05) is 25.1 Å². The molecule has 16 heavy (non-hydrogen) atoms. The summed E-state index contributed by atoms with van der Waals surface area (Å²) in [6, 6.07) is 7.81. The van der Waals surface area contributed by atoms with E-state index in [1.165, 1.54) is 0 Å². The van der Waals surface area contributed by atoms with Gasteiger partial charge in [0, 0.05) is 12.0 Å². The molecule has 0 radical (unpaired) electrons. The summed E-state index contributed by atoms with van der Waals surface area (Å²) in [5, 5.41) is 18.0. The van der Waals surface area contributed by atoms with Gasteiger partial charge < -0.3 is 9.84 Å². The Morgan fingerprint density at radius 1 is 1.50 bits per heavy atom. The molecule has 86 valence electrons. The summed E-state index contributed by atoms with van der Waals surface area (Å²) in [4.78, 5) is 0. The lowest BCUT2D eigenvalue weighted by atomic mass is 10.1. The summed E-state index contributed by atoms with van der Waals surface area (Å²) in [5.41, 5.74) is 1.90. The third-order valence-corrected chi connectivity index (χ3v) is 2.31. The normalized spacial score (nSPS) is 11.9. The van der Waals surface area contributed by atoms with Gasteiger partial charge in [-0.3, -0.25) is 0 Å². The van der Waals surface area contributed by atoms with E-state index < -0.39 is 6.10 Å². The Kier molecular flexibility index (Phi) is 4.81. The molecule has 1 aromatic carbocycles. The molecule has 1 rings (SSSR count). The lowest BCUT2D eigenvalue weighted by Gasteiger charge is -2.13. The van der Waals surface area contributed by atoms with Crippen molar-refractivity contribution in [3.8, 4) is 11.8 Å². The molecule has 1 N–H and O–H groups in total. The van der Waals surface area contributed by atoms with Crippen molar-refractivity contribution in [2.45, 2.75) is 32.8 Å². The molecule has 0 saturated carbocycles. The molecule has 0 amide bonds. The quantitative estimate of drug-likeness (QED) is 0.775. The number of rotatable bonds is 5. The molecule has 0 bridgehead atoms. The number of nitrogens with zero attached hydrogens (tertiary/aromatic N) is 1. The topological polar surface area (TPSA) is 53.2 Å². The third-order valence-electron chi connectivity index (χ3n) is 2.31. The minimum atomic E-state index is -0.536. The molecule has 0 fully saturated rings. The SMILES string of the molecule is Cc1ccc(OCCCC#N)c([C@H](C)O)c1. The highest BCUT2D eigenvalue weighted by atomic mass is 16.5. The summed E-state index contributed by atoms with van der Waals surface area (Å²) in [5.74, 6) is 0.707. The number of nitriles is 1. The van der Waals surface area contributed by atoms with Crippen molar-refractivity contribution < 1.29 is 9.84 Å². The Morgan fingerprint density at radius 2 is 2.25 bits per heavy atom. The van der Waals surface area contributed by atoms with Crippen LogP contribution in [-0.4, -0.2) is 11.7 Å². The molecule has 1 aromatic rings. The predicted octanol–water partition coefficient (Wildman–Crippen LogP) is 2.73. The zero-order valence-corrected chi connectivity index (χ0v) is 9.73. The molecule has 0 unspecified atom stereocenters. The first-order valence-corrected chi connectivity index (χ1v) is 5.43.